The number of nitrogens with one attached hydrogen (secondary N) is 1. The average Bonchev–Trinajstić information content (AvgIpc) is 2.50. The lowest BCUT2D eigenvalue weighted by Crippen LogP contribution is -2.45. The van der Waals surface area contributed by atoms with Crippen LogP contribution in [0.2, 0.25) is 0 Å². The van der Waals surface area contributed by atoms with Crippen LogP contribution in [0.25, 0.3) is 0 Å². The zero-order valence-electron chi connectivity index (χ0n) is 7.56. The van der Waals surface area contributed by atoms with Gasteiger partial charge in [0.05, 0.1) is 0 Å². The predicted octanol–water partition coefficient (Wildman–Crippen LogP) is 0.166. The number of alkyl halides is 1. The van der Waals surface area contributed by atoms with Crippen molar-refractivity contribution in [2.24, 2.45) is 0 Å². The highest BCUT2D eigenvalue weighted by atomic mass is 19.1. The molecule has 4 heteroatoms. The maximum absolute atomic E-state index is 13.7. The number of hydrogen-bond acceptors (Lipinski definition) is 2. The molecule has 1 amide bonds. The Kier molecular flexibility index (Phi) is 2.67. The van der Waals surface area contributed by atoms with Gasteiger partial charge in [-0.1, -0.05) is 0 Å². The molecule has 1 saturated heterocycles. The normalized spacial score (nSPS) is 28.9. The van der Waals surface area contributed by atoms with Crippen LogP contribution in [0.15, 0.2) is 0 Å². The van der Waals surface area contributed by atoms with E-state index < -0.39 is 11.6 Å². The van der Waals surface area contributed by atoms with Gasteiger partial charge in [0.25, 0.3) is 5.91 Å². The lowest BCUT2D eigenvalue weighted by atomic mass is 10.0. The molecule has 0 aromatic heterocycles. The molecule has 3 nitrogen and oxygen atoms in total. The van der Waals surface area contributed by atoms with Crippen molar-refractivity contribution in [1.82, 2.24) is 10.2 Å². The lowest BCUT2D eigenvalue weighted by Gasteiger charge is -2.23. The van der Waals surface area contributed by atoms with Crippen molar-refractivity contribution in [3.8, 4) is 0 Å². The summed E-state index contributed by atoms with van der Waals surface area (Å²) in [6, 6.07) is 0. The summed E-state index contributed by atoms with van der Waals surface area (Å²) in [6.45, 7) is 3.16. The first-order valence-electron chi connectivity index (χ1n) is 4.25. The third-order valence-corrected chi connectivity index (χ3v) is 2.31. The molecule has 12 heavy (non-hydrogen) atoms. The molecule has 1 heterocycles. The van der Waals surface area contributed by atoms with E-state index in [1.54, 1.807) is 7.05 Å². The molecule has 1 aliphatic heterocycles. The Bertz CT molecular complexity index is 178. The smallest absolute Gasteiger partial charge is 0.261 e. The summed E-state index contributed by atoms with van der Waals surface area (Å²) in [5, 5.41) is 2.85. The fourth-order valence-electron chi connectivity index (χ4n) is 1.33. The van der Waals surface area contributed by atoms with E-state index in [-0.39, 0.29) is 6.54 Å². The van der Waals surface area contributed by atoms with Gasteiger partial charge in [0, 0.05) is 26.6 Å². The molecule has 0 spiro atoms. The average molecular weight is 174 g/mol. The first-order valence-corrected chi connectivity index (χ1v) is 4.25. The van der Waals surface area contributed by atoms with Crippen LogP contribution < -0.4 is 5.32 Å². The Morgan fingerprint density at radius 1 is 1.75 bits per heavy atom. The number of nitrogens with zero attached hydrogens (tertiary/aromatic N) is 1. The molecule has 0 radical (unpaired) electrons. The van der Waals surface area contributed by atoms with Crippen LogP contribution in [-0.4, -0.2) is 43.2 Å². The van der Waals surface area contributed by atoms with Crippen LogP contribution in [0.3, 0.4) is 0 Å². The van der Waals surface area contributed by atoms with Crippen molar-refractivity contribution < 1.29 is 9.18 Å². The van der Waals surface area contributed by atoms with Gasteiger partial charge in [0.15, 0.2) is 0 Å². The van der Waals surface area contributed by atoms with Gasteiger partial charge in [-0.25, -0.2) is 4.39 Å². The third-order valence-electron chi connectivity index (χ3n) is 2.31. The highest BCUT2D eigenvalue weighted by Crippen LogP contribution is 2.21. The van der Waals surface area contributed by atoms with E-state index >= 15 is 0 Å². The SMILES string of the molecule is CCN(C)C(=O)C1(F)CCNC1. The molecule has 0 bridgehead atoms. The van der Waals surface area contributed by atoms with E-state index in [1.165, 1.54) is 4.90 Å². The standard InChI is InChI=1S/C8H15FN2O/c1-3-11(2)7(12)8(9)4-5-10-6-8/h10H,3-6H2,1-2H3. The van der Waals surface area contributed by atoms with Crippen molar-refractivity contribution in [3.05, 3.63) is 0 Å². The van der Waals surface area contributed by atoms with E-state index in [0.29, 0.717) is 19.5 Å². The van der Waals surface area contributed by atoms with Crippen molar-refractivity contribution >= 4 is 5.91 Å². The fraction of sp³-hybridized carbons (Fsp3) is 0.875. The molecular formula is C8H15FN2O. The molecule has 1 N–H and O–H groups in total. The first-order chi connectivity index (χ1) is 5.60. The Balaban J connectivity index is 2.61. The molecule has 0 saturated carbocycles. The van der Waals surface area contributed by atoms with Crippen molar-refractivity contribution in [2.45, 2.75) is 19.0 Å². The topological polar surface area (TPSA) is 32.3 Å². The number of halogens is 1. The minimum absolute atomic E-state index is 0.163. The molecule has 1 unspecified atom stereocenters. The Morgan fingerprint density at radius 2 is 2.42 bits per heavy atom. The van der Waals surface area contributed by atoms with Crippen LogP contribution in [0.5, 0.6) is 0 Å². The van der Waals surface area contributed by atoms with Crippen molar-refractivity contribution in [2.75, 3.05) is 26.7 Å². The van der Waals surface area contributed by atoms with E-state index in [4.69, 9.17) is 0 Å². The molecule has 0 aliphatic carbocycles. The van der Waals surface area contributed by atoms with Crippen molar-refractivity contribution in [1.29, 1.82) is 0 Å². The number of carbonyl (C=O) groups excluding carboxylic acids is 1. The first kappa shape index (κ1) is 9.45. The summed E-state index contributed by atoms with van der Waals surface area (Å²) in [5.74, 6) is -0.394. The van der Waals surface area contributed by atoms with E-state index in [1.807, 2.05) is 6.92 Å². The van der Waals surface area contributed by atoms with Gasteiger partial charge >= 0.3 is 0 Å². The zero-order chi connectivity index (χ0) is 9.19. The van der Waals surface area contributed by atoms with Crippen LogP contribution in [0, 0.1) is 0 Å². The van der Waals surface area contributed by atoms with Crippen molar-refractivity contribution in [3.63, 3.8) is 0 Å². The van der Waals surface area contributed by atoms with Gasteiger partial charge < -0.3 is 10.2 Å². The molecule has 70 valence electrons. The van der Waals surface area contributed by atoms with Crippen LogP contribution in [-0.2, 0) is 4.79 Å². The van der Waals surface area contributed by atoms with Gasteiger partial charge in [0.2, 0.25) is 5.67 Å². The Morgan fingerprint density at radius 3 is 2.83 bits per heavy atom. The van der Waals surface area contributed by atoms with Gasteiger partial charge in [-0.2, -0.15) is 0 Å². The second-order valence-corrected chi connectivity index (χ2v) is 3.21. The van der Waals surface area contributed by atoms with Crippen LogP contribution in [0.4, 0.5) is 4.39 Å². The fourth-order valence-corrected chi connectivity index (χ4v) is 1.33. The second-order valence-electron chi connectivity index (χ2n) is 3.21. The monoisotopic (exact) mass is 174 g/mol. The summed E-state index contributed by atoms with van der Waals surface area (Å²) in [6.07, 6.45) is 0.302. The molecule has 1 aliphatic rings. The minimum atomic E-state index is -1.65. The quantitative estimate of drug-likeness (QED) is 0.647. The summed E-state index contributed by atoms with van der Waals surface area (Å²) in [5.41, 5.74) is -1.65. The maximum Gasteiger partial charge on any atom is 0.261 e. The van der Waals surface area contributed by atoms with Gasteiger partial charge in [-0.3, -0.25) is 4.79 Å². The van der Waals surface area contributed by atoms with Gasteiger partial charge in [-0.15, -0.1) is 0 Å². The molecular weight excluding hydrogens is 159 g/mol. The van der Waals surface area contributed by atoms with Crippen LogP contribution in [0.1, 0.15) is 13.3 Å². The lowest BCUT2D eigenvalue weighted by molar-refractivity contribution is -0.141. The van der Waals surface area contributed by atoms with Gasteiger partial charge in [0.1, 0.15) is 0 Å². The van der Waals surface area contributed by atoms with E-state index in [2.05, 4.69) is 5.32 Å². The highest BCUT2D eigenvalue weighted by molar-refractivity contribution is 5.85. The minimum Gasteiger partial charge on any atom is -0.343 e. The molecule has 1 atom stereocenters. The second kappa shape index (κ2) is 3.39. The van der Waals surface area contributed by atoms with E-state index in [9.17, 15) is 9.18 Å². The Hall–Kier alpha value is -0.640. The summed E-state index contributed by atoms with van der Waals surface area (Å²) in [7, 11) is 1.63. The Labute approximate surface area is 71.9 Å². The number of hydrogen-bond donors (Lipinski definition) is 1. The van der Waals surface area contributed by atoms with Crippen LogP contribution >= 0.6 is 0 Å². The highest BCUT2D eigenvalue weighted by Gasteiger charge is 2.42. The number of rotatable bonds is 2. The number of amides is 1. The zero-order valence-corrected chi connectivity index (χ0v) is 7.56. The van der Waals surface area contributed by atoms with E-state index in [0.717, 1.165) is 0 Å². The maximum atomic E-state index is 13.7. The molecule has 0 aromatic carbocycles. The summed E-state index contributed by atoms with van der Waals surface area (Å²) in [4.78, 5) is 12.8. The summed E-state index contributed by atoms with van der Waals surface area (Å²) >= 11 is 0. The molecule has 1 rings (SSSR count). The molecule has 0 aromatic rings. The predicted molar refractivity (Wildman–Crippen MR) is 44.6 cm³/mol. The largest absolute Gasteiger partial charge is 0.343 e. The number of carbonyl (C=O) groups is 1. The molecule has 1 fully saturated rings. The third kappa shape index (κ3) is 1.58. The van der Waals surface area contributed by atoms with Gasteiger partial charge in [-0.05, 0) is 13.5 Å². The summed E-state index contributed by atoms with van der Waals surface area (Å²) < 4.78 is 13.7.